The minimum absolute atomic E-state index is 0.0844. The minimum atomic E-state index is -3.33. The summed E-state index contributed by atoms with van der Waals surface area (Å²) in [6.07, 6.45) is 1.11. The van der Waals surface area contributed by atoms with Crippen molar-refractivity contribution in [1.82, 2.24) is 5.32 Å². The van der Waals surface area contributed by atoms with Gasteiger partial charge >= 0.3 is 0 Å². The van der Waals surface area contributed by atoms with E-state index in [0.29, 0.717) is 0 Å². The van der Waals surface area contributed by atoms with Gasteiger partial charge in [-0.25, -0.2) is 8.42 Å². The zero-order chi connectivity index (χ0) is 12.9. The SMILES string of the molecule is C=CC(=O)NCCS(=O)(=O)c1ccc(C)cc1. The van der Waals surface area contributed by atoms with E-state index in [1.807, 2.05) is 6.92 Å². The molecule has 0 saturated heterocycles. The summed E-state index contributed by atoms with van der Waals surface area (Å²) in [4.78, 5) is 11.1. The highest BCUT2D eigenvalue weighted by molar-refractivity contribution is 7.91. The Kier molecular flexibility index (Phi) is 4.45. The summed E-state index contributed by atoms with van der Waals surface area (Å²) >= 11 is 0. The summed E-state index contributed by atoms with van der Waals surface area (Å²) in [6.45, 7) is 5.26. The van der Waals surface area contributed by atoms with Gasteiger partial charge in [-0.15, -0.1) is 0 Å². The van der Waals surface area contributed by atoms with Crippen LogP contribution in [0.2, 0.25) is 0 Å². The first kappa shape index (κ1) is 13.4. The summed E-state index contributed by atoms with van der Waals surface area (Å²) in [5, 5.41) is 2.43. The third kappa shape index (κ3) is 4.03. The van der Waals surface area contributed by atoms with Crippen molar-refractivity contribution in [3.05, 3.63) is 42.5 Å². The smallest absolute Gasteiger partial charge is 0.243 e. The van der Waals surface area contributed by atoms with Gasteiger partial charge in [-0.2, -0.15) is 0 Å². The Labute approximate surface area is 101 Å². The fraction of sp³-hybridized carbons (Fsp3) is 0.250. The van der Waals surface area contributed by atoms with Crippen LogP contribution in [-0.4, -0.2) is 26.6 Å². The fourth-order valence-electron chi connectivity index (χ4n) is 1.24. The largest absolute Gasteiger partial charge is 0.352 e. The number of benzene rings is 1. The highest BCUT2D eigenvalue weighted by atomic mass is 32.2. The Morgan fingerprint density at radius 1 is 1.35 bits per heavy atom. The Morgan fingerprint density at radius 3 is 2.47 bits per heavy atom. The third-order valence-electron chi connectivity index (χ3n) is 2.24. The van der Waals surface area contributed by atoms with Crippen molar-refractivity contribution in [2.45, 2.75) is 11.8 Å². The number of nitrogens with one attached hydrogen (secondary N) is 1. The minimum Gasteiger partial charge on any atom is -0.352 e. The standard InChI is InChI=1S/C12H15NO3S/c1-3-12(14)13-8-9-17(15,16)11-6-4-10(2)5-7-11/h3-7H,1,8-9H2,2H3,(H,13,14). The van der Waals surface area contributed by atoms with Gasteiger partial charge in [-0.3, -0.25) is 4.79 Å². The molecule has 0 aliphatic heterocycles. The molecule has 1 amide bonds. The molecule has 0 bridgehead atoms. The molecule has 1 N–H and O–H groups in total. The van der Waals surface area contributed by atoms with Crippen molar-refractivity contribution < 1.29 is 13.2 Å². The number of carbonyl (C=O) groups is 1. The third-order valence-corrected chi connectivity index (χ3v) is 3.97. The molecule has 0 unspecified atom stereocenters. The van der Waals surface area contributed by atoms with Crippen LogP contribution in [0.1, 0.15) is 5.56 Å². The predicted octanol–water partition coefficient (Wildman–Crippen LogP) is 1.07. The maximum atomic E-state index is 11.8. The molecule has 0 spiro atoms. The Hall–Kier alpha value is -1.62. The number of carbonyl (C=O) groups excluding carboxylic acids is 1. The first-order valence-electron chi connectivity index (χ1n) is 5.15. The fourth-order valence-corrected chi connectivity index (χ4v) is 2.40. The van der Waals surface area contributed by atoms with Crippen molar-refractivity contribution in [3.8, 4) is 0 Å². The van der Waals surface area contributed by atoms with E-state index in [2.05, 4.69) is 11.9 Å². The molecule has 0 atom stereocenters. The Balaban J connectivity index is 2.66. The molecule has 92 valence electrons. The average molecular weight is 253 g/mol. The summed E-state index contributed by atoms with van der Waals surface area (Å²) in [5.41, 5.74) is 1.00. The van der Waals surface area contributed by atoms with Gasteiger partial charge in [0.2, 0.25) is 5.91 Å². The highest BCUT2D eigenvalue weighted by Gasteiger charge is 2.13. The molecule has 1 aromatic carbocycles. The topological polar surface area (TPSA) is 63.2 Å². The first-order chi connectivity index (χ1) is 7.95. The van der Waals surface area contributed by atoms with Gasteiger partial charge in [-0.1, -0.05) is 24.3 Å². The van der Waals surface area contributed by atoms with Crippen molar-refractivity contribution in [2.24, 2.45) is 0 Å². The molecule has 4 nitrogen and oxygen atoms in total. The molecule has 1 aromatic rings. The van der Waals surface area contributed by atoms with Crippen molar-refractivity contribution >= 4 is 15.7 Å². The molecule has 0 saturated carbocycles. The van der Waals surface area contributed by atoms with Crippen molar-refractivity contribution in [1.29, 1.82) is 0 Å². The molecule has 17 heavy (non-hydrogen) atoms. The van der Waals surface area contributed by atoms with E-state index in [4.69, 9.17) is 0 Å². The monoisotopic (exact) mass is 253 g/mol. The zero-order valence-electron chi connectivity index (χ0n) is 9.64. The van der Waals surface area contributed by atoms with Crippen molar-refractivity contribution in [2.75, 3.05) is 12.3 Å². The average Bonchev–Trinajstić information content (AvgIpc) is 2.29. The molecular weight excluding hydrogens is 238 g/mol. The van der Waals surface area contributed by atoms with Gasteiger partial charge in [0.25, 0.3) is 0 Å². The molecular formula is C12H15NO3S. The van der Waals surface area contributed by atoms with Crippen LogP contribution in [0.4, 0.5) is 0 Å². The van der Waals surface area contributed by atoms with E-state index in [9.17, 15) is 13.2 Å². The number of amides is 1. The van der Waals surface area contributed by atoms with Gasteiger partial charge < -0.3 is 5.32 Å². The van der Waals surface area contributed by atoms with Crippen LogP contribution >= 0.6 is 0 Å². The molecule has 0 radical (unpaired) electrons. The van der Waals surface area contributed by atoms with Crippen LogP contribution in [0, 0.1) is 6.92 Å². The lowest BCUT2D eigenvalue weighted by atomic mass is 10.2. The van der Waals surface area contributed by atoms with Gasteiger partial charge in [0.1, 0.15) is 0 Å². The number of aryl methyl sites for hydroxylation is 1. The predicted molar refractivity (Wildman–Crippen MR) is 66.4 cm³/mol. The molecule has 5 heteroatoms. The summed E-state index contributed by atoms with van der Waals surface area (Å²) in [6, 6.07) is 6.63. The van der Waals surface area contributed by atoms with Gasteiger partial charge in [-0.05, 0) is 25.1 Å². The lowest BCUT2D eigenvalue weighted by Crippen LogP contribution is -2.27. The molecule has 0 heterocycles. The van der Waals surface area contributed by atoms with Crippen LogP contribution in [0.25, 0.3) is 0 Å². The highest BCUT2D eigenvalue weighted by Crippen LogP contribution is 2.11. The first-order valence-corrected chi connectivity index (χ1v) is 6.80. The second-order valence-electron chi connectivity index (χ2n) is 3.63. The molecule has 1 rings (SSSR count). The van der Waals surface area contributed by atoms with Crippen LogP contribution in [0.5, 0.6) is 0 Å². The van der Waals surface area contributed by atoms with Gasteiger partial charge in [0.05, 0.1) is 10.6 Å². The van der Waals surface area contributed by atoms with Crippen LogP contribution in [0.3, 0.4) is 0 Å². The van der Waals surface area contributed by atoms with E-state index >= 15 is 0 Å². The second kappa shape index (κ2) is 5.63. The molecule has 0 aliphatic rings. The van der Waals surface area contributed by atoms with E-state index < -0.39 is 9.84 Å². The number of rotatable bonds is 5. The maximum absolute atomic E-state index is 11.8. The molecule has 0 aromatic heterocycles. The lowest BCUT2D eigenvalue weighted by Gasteiger charge is -2.05. The summed E-state index contributed by atoms with van der Waals surface area (Å²) < 4.78 is 23.7. The van der Waals surface area contributed by atoms with E-state index in [1.54, 1.807) is 24.3 Å². The van der Waals surface area contributed by atoms with Crippen LogP contribution < -0.4 is 5.32 Å². The van der Waals surface area contributed by atoms with Crippen LogP contribution in [0.15, 0.2) is 41.8 Å². The maximum Gasteiger partial charge on any atom is 0.243 e. The van der Waals surface area contributed by atoms with E-state index in [0.717, 1.165) is 11.6 Å². The van der Waals surface area contributed by atoms with E-state index in [-0.39, 0.29) is 23.1 Å². The molecule has 0 fully saturated rings. The normalized spacial score (nSPS) is 10.9. The second-order valence-corrected chi connectivity index (χ2v) is 5.74. The number of sulfone groups is 1. The summed E-state index contributed by atoms with van der Waals surface area (Å²) in [7, 11) is -3.33. The van der Waals surface area contributed by atoms with E-state index in [1.165, 1.54) is 0 Å². The summed E-state index contributed by atoms with van der Waals surface area (Å²) in [5.74, 6) is -0.487. The van der Waals surface area contributed by atoms with Crippen LogP contribution in [-0.2, 0) is 14.6 Å². The van der Waals surface area contributed by atoms with Gasteiger partial charge in [0, 0.05) is 6.54 Å². The number of hydrogen-bond donors (Lipinski definition) is 1. The quantitative estimate of drug-likeness (QED) is 0.798. The lowest BCUT2D eigenvalue weighted by molar-refractivity contribution is -0.116. The molecule has 0 aliphatic carbocycles. The Morgan fingerprint density at radius 2 is 1.94 bits per heavy atom. The number of hydrogen-bond acceptors (Lipinski definition) is 3. The van der Waals surface area contributed by atoms with Crippen molar-refractivity contribution in [3.63, 3.8) is 0 Å². The Bertz CT molecular complexity index is 503. The zero-order valence-corrected chi connectivity index (χ0v) is 10.5. The van der Waals surface area contributed by atoms with Gasteiger partial charge in [0.15, 0.2) is 9.84 Å².